The first-order valence-electron chi connectivity index (χ1n) is 8.71. The molecular formula is C17H36O4. The molecule has 0 radical (unpaired) electrons. The number of rotatable bonds is 15. The largest absolute Gasteiger partial charge is 0.394 e. The van der Waals surface area contributed by atoms with Gasteiger partial charge in [0.15, 0.2) is 0 Å². The summed E-state index contributed by atoms with van der Waals surface area (Å²) in [6, 6.07) is 0. The summed E-state index contributed by atoms with van der Waals surface area (Å²) in [6.45, 7) is 1.76. The molecule has 21 heavy (non-hydrogen) atoms. The lowest BCUT2D eigenvalue weighted by molar-refractivity contribution is 0.0418. The highest BCUT2D eigenvalue weighted by Crippen LogP contribution is 2.22. The monoisotopic (exact) mass is 304 g/mol. The van der Waals surface area contributed by atoms with Gasteiger partial charge in [0, 0.05) is 0 Å². The molecular weight excluding hydrogens is 268 g/mol. The minimum Gasteiger partial charge on any atom is -0.394 e. The van der Waals surface area contributed by atoms with Gasteiger partial charge in [-0.2, -0.15) is 0 Å². The van der Waals surface area contributed by atoms with Crippen molar-refractivity contribution >= 4 is 0 Å². The van der Waals surface area contributed by atoms with Gasteiger partial charge in [0.1, 0.15) is 0 Å². The first kappa shape index (κ1) is 20.8. The van der Waals surface area contributed by atoms with Crippen LogP contribution in [0.25, 0.3) is 0 Å². The minimum atomic E-state index is -0.713. The van der Waals surface area contributed by atoms with Crippen LogP contribution in [-0.4, -0.2) is 45.8 Å². The fourth-order valence-electron chi connectivity index (χ4n) is 2.82. The summed E-state index contributed by atoms with van der Waals surface area (Å²) in [5.41, 5.74) is 0. The van der Waals surface area contributed by atoms with E-state index in [9.17, 15) is 10.2 Å². The summed E-state index contributed by atoms with van der Waals surface area (Å²) >= 11 is 0. The van der Waals surface area contributed by atoms with Crippen molar-refractivity contribution in [3.8, 4) is 0 Å². The quantitative estimate of drug-likeness (QED) is 0.351. The standard InChI is InChI=1S/C17H36O4/c1-2-3-4-5-6-7-8-9-10-15(11-16(20)13-18)12-17(21)14-19/h15-21H,2-14H2,1H3. The minimum absolute atomic E-state index is 0.175. The Morgan fingerprint density at radius 3 is 1.52 bits per heavy atom. The van der Waals surface area contributed by atoms with Crippen molar-refractivity contribution in [1.82, 2.24) is 0 Å². The van der Waals surface area contributed by atoms with Gasteiger partial charge < -0.3 is 20.4 Å². The second kappa shape index (κ2) is 14.8. The van der Waals surface area contributed by atoms with E-state index >= 15 is 0 Å². The predicted molar refractivity (Wildman–Crippen MR) is 86.1 cm³/mol. The fraction of sp³-hybridized carbons (Fsp3) is 1.00. The zero-order valence-electron chi connectivity index (χ0n) is 13.7. The number of unbranched alkanes of at least 4 members (excludes halogenated alkanes) is 7. The molecule has 4 N–H and O–H groups in total. The van der Waals surface area contributed by atoms with Gasteiger partial charge in [-0.05, 0) is 18.8 Å². The summed E-state index contributed by atoms with van der Waals surface area (Å²) in [7, 11) is 0. The molecule has 0 aromatic heterocycles. The first-order valence-corrected chi connectivity index (χ1v) is 8.71. The molecule has 0 aliphatic heterocycles. The third-order valence-electron chi connectivity index (χ3n) is 4.10. The van der Waals surface area contributed by atoms with Crippen LogP contribution in [0.15, 0.2) is 0 Å². The molecule has 0 aromatic rings. The Morgan fingerprint density at radius 2 is 1.10 bits per heavy atom. The molecule has 0 heterocycles. The average Bonchev–Trinajstić information content (AvgIpc) is 2.49. The highest BCUT2D eigenvalue weighted by Gasteiger charge is 2.17. The molecule has 0 amide bonds. The molecule has 0 aliphatic rings. The van der Waals surface area contributed by atoms with Crippen molar-refractivity contribution in [3.05, 3.63) is 0 Å². The van der Waals surface area contributed by atoms with E-state index in [1.807, 2.05) is 0 Å². The predicted octanol–water partition coefficient (Wildman–Crippen LogP) is 2.62. The van der Waals surface area contributed by atoms with E-state index in [1.165, 1.54) is 44.9 Å². The Kier molecular flexibility index (Phi) is 14.7. The van der Waals surface area contributed by atoms with Crippen molar-refractivity contribution in [2.75, 3.05) is 13.2 Å². The number of hydrogen-bond donors (Lipinski definition) is 4. The second-order valence-corrected chi connectivity index (χ2v) is 6.27. The van der Waals surface area contributed by atoms with Crippen molar-refractivity contribution in [1.29, 1.82) is 0 Å². The molecule has 4 nitrogen and oxygen atoms in total. The zero-order valence-corrected chi connectivity index (χ0v) is 13.7. The molecule has 0 rings (SSSR count). The van der Waals surface area contributed by atoms with Gasteiger partial charge in [-0.3, -0.25) is 0 Å². The van der Waals surface area contributed by atoms with Crippen molar-refractivity contribution in [3.63, 3.8) is 0 Å². The highest BCUT2D eigenvalue weighted by atomic mass is 16.3. The van der Waals surface area contributed by atoms with E-state index in [1.54, 1.807) is 0 Å². The Balaban J connectivity index is 3.74. The van der Waals surface area contributed by atoms with Gasteiger partial charge in [0.25, 0.3) is 0 Å². The smallest absolute Gasteiger partial charge is 0.0773 e. The molecule has 0 spiro atoms. The molecule has 0 bridgehead atoms. The SMILES string of the molecule is CCCCCCCCCCC(CC(O)CO)CC(O)CO. The summed E-state index contributed by atoms with van der Waals surface area (Å²) in [5, 5.41) is 36.9. The van der Waals surface area contributed by atoms with E-state index in [4.69, 9.17) is 10.2 Å². The number of aliphatic hydroxyl groups excluding tert-OH is 4. The van der Waals surface area contributed by atoms with Crippen LogP contribution in [0.2, 0.25) is 0 Å². The van der Waals surface area contributed by atoms with Crippen molar-refractivity contribution in [2.45, 2.75) is 89.8 Å². The molecule has 0 aliphatic carbocycles. The zero-order chi connectivity index (χ0) is 15.9. The van der Waals surface area contributed by atoms with Crippen LogP contribution in [0.5, 0.6) is 0 Å². The van der Waals surface area contributed by atoms with E-state index in [0.29, 0.717) is 12.8 Å². The van der Waals surface area contributed by atoms with Gasteiger partial charge in [-0.25, -0.2) is 0 Å². The van der Waals surface area contributed by atoms with Gasteiger partial charge in [0.05, 0.1) is 25.4 Å². The van der Waals surface area contributed by atoms with E-state index < -0.39 is 12.2 Å². The maximum atomic E-state index is 9.54. The summed E-state index contributed by atoms with van der Waals surface area (Å²) in [5.74, 6) is 0.175. The summed E-state index contributed by atoms with van der Waals surface area (Å²) < 4.78 is 0. The number of aliphatic hydroxyl groups is 4. The van der Waals surface area contributed by atoms with E-state index in [-0.39, 0.29) is 19.1 Å². The van der Waals surface area contributed by atoms with Crippen LogP contribution < -0.4 is 0 Å². The Labute approximate surface area is 130 Å². The third kappa shape index (κ3) is 13.2. The van der Waals surface area contributed by atoms with Crippen LogP contribution in [0.1, 0.15) is 77.6 Å². The maximum Gasteiger partial charge on any atom is 0.0773 e. The molecule has 128 valence electrons. The Bertz CT molecular complexity index is 199. The topological polar surface area (TPSA) is 80.9 Å². The molecule has 0 saturated carbocycles. The maximum absolute atomic E-state index is 9.54. The summed E-state index contributed by atoms with van der Waals surface area (Å²) in [4.78, 5) is 0. The molecule has 2 atom stereocenters. The average molecular weight is 304 g/mol. The highest BCUT2D eigenvalue weighted by molar-refractivity contribution is 4.69. The first-order chi connectivity index (χ1) is 10.1. The lowest BCUT2D eigenvalue weighted by atomic mass is 9.90. The number of hydrogen-bond acceptors (Lipinski definition) is 4. The van der Waals surface area contributed by atoms with Gasteiger partial charge in [-0.1, -0.05) is 64.7 Å². The lowest BCUT2D eigenvalue weighted by Gasteiger charge is -2.21. The van der Waals surface area contributed by atoms with Gasteiger partial charge >= 0.3 is 0 Å². The van der Waals surface area contributed by atoms with Crippen LogP contribution >= 0.6 is 0 Å². The fourth-order valence-corrected chi connectivity index (χ4v) is 2.82. The van der Waals surface area contributed by atoms with Gasteiger partial charge in [-0.15, -0.1) is 0 Å². The Hall–Kier alpha value is -0.160. The molecule has 0 saturated heterocycles. The van der Waals surface area contributed by atoms with Crippen LogP contribution in [0, 0.1) is 5.92 Å². The van der Waals surface area contributed by atoms with Crippen LogP contribution in [0.4, 0.5) is 0 Å². The molecule has 0 aromatic carbocycles. The van der Waals surface area contributed by atoms with E-state index in [2.05, 4.69) is 6.92 Å². The second-order valence-electron chi connectivity index (χ2n) is 6.27. The molecule has 2 unspecified atom stereocenters. The van der Waals surface area contributed by atoms with Gasteiger partial charge in [0.2, 0.25) is 0 Å². The Morgan fingerprint density at radius 1 is 0.667 bits per heavy atom. The lowest BCUT2D eigenvalue weighted by Crippen LogP contribution is -2.23. The molecule has 0 fully saturated rings. The van der Waals surface area contributed by atoms with Crippen LogP contribution in [-0.2, 0) is 0 Å². The van der Waals surface area contributed by atoms with E-state index in [0.717, 1.165) is 12.8 Å². The molecule has 4 heteroatoms. The van der Waals surface area contributed by atoms with Crippen LogP contribution in [0.3, 0.4) is 0 Å². The van der Waals surface area contributed by atoms with Crippen molar-refractivity contribution in [2.24, 2.45) is 5.92 Å². The third-order valence-corrected chi connectivity index (χ3v) is 4.10. The normalized spacial score (nSPS) is 15.9. The van der Waals surface area contributed by atoms with Crippen molar-refractivity contribution < 1.29 is 20.4 Å². The summed E-state index contributed by atoms with van der Waals surface area (Å²) in [6.07, 6.45) is 10.6.